The average Bonchev–Trinajstić information content (AvgIpc) is 3.03. The number of likely N-dealkylation sites (N-methyl/N-ethyl adjacent to an activating group) is 1. The van der Waals surface area contributed by atoms with E-state index >= 15 is 0 Å². The fourth-order valence-electron chi connectivity index (χ4n) is 1.76. The Balaban J connectivity index is 0.00000288. The highest BCUT2D eigenvalue weighted by molar-refractivity contribution is 7.80. The van der Waals surface area contributed by atoms with Gasteiger partial charge in [-0.05, 0) is 31.2 Å². The van der Waals surface area contributed by atoms with Gasteiger partial charge in [-0.2, -0.15) is 4.37 Å². The maximum absolute atomic E-state index is 10.4. The van der Waals surface area contributed by atoms with Gasteiger partial charge in [0, 0.05) is 37.7 Å². The molecule has 0 spiro atoms. The van der Waals surface area contributed by atoms with E-state index in [1.807, 2.05) is 24.0 Å². The van der Waals surface area contributed by atoms with Crippen molar-refractivity contribution in [3.05, 3.63) is 38.0 Å². The number of hydrogen-bond acceptors (Lipinski definition) is 10. The van der Waals surface area contributed by atoms with Gasteiger partial charge in [0.25, 0.3) is 0 Å². The second-order valence-corrected chi connectivity index (χ2v) is 6.06. The third-order valence-electron chi connectivity index (χ3n) is 2.79. The molecule has 0 aliphatic heterocycles. The number of azo groups is 1. The summed E-state index contributed by atoms with van der Waals surface area (Å²) in [7, 11) is -4.66. The lowest BCUT2D eigenvalue weighted by molar-refractivity contribution is 0.266. The van der Waals surface area contributed by atoms with Gasteiger partial charge in [-0.1, -0.05) is 0 Å². The van der Waals surface area contributed by atoms with E-state index in [4.69, 9.17) is 0 Å². The lowest BCUT2D eigenvalue weighted by Gasteiger charge is -2.23. The molecule has 1 aromatic carbocycles. The fraction of sp³-hybridized carbons (Fsp3) is 0.308. The van der Waals surface area contributed by atoms with Crippen LogP contribution in [0.15, 0.2) is 40.8 Å². The Kier molecular flexibility index (Phi) is 7.71. The van der Waals surface area contributed by atoms with Crippen LogP contribution in [0.3, 0.4) is 0 Å². The van der Waals surface area contributed by atoms with Gasteiger partial charge in [0.1, 0.15) is 6.33 Å². The molecule has 0 aliphatic carbocycles. The molecule has 0 saturated carbocycles. The molecule has 0 amide bonds. The summed E-state index contributed by atoms with van der Waals surface area (Å²) in [6.45, 7) is 2.63. The van der Waals surface area contributed by atoms with E-state index in [2.05, 4.69) is 23.8 Å². The zero-order valence-corrected chi connectivity index (χ0v) is 14.8. The second kappa shape index (κ2) is 9.27. The van der Waals surface area contributed by atoms with Crippen LogP contribution in [-0.2, 0) is 14.6 Å². The lowest BCUT2D eigenvalue weighted by Crippen LogP contribution is -2.27. The summed E-state index contributed by atoms with van der Waals surface area (Å²) in [6.07, 6.45) is 1.41. The molecule has 0 aliphatic rings. The van der Waals surface area contributed by atoms with Gasteiger partial charge >= 0.3 is 0 Å². The van der Waals surface area contributed by atoms with E-state index in [1.165, 1.54) is 6.33 Å². The van der Waals surface area contributed by atoms with E-state index in [0.29, 0.717) is 17.4 Å². The topological polar surface area (TPSA) is 120 Å². The first kappa shape index (κ1) is 20.0. The molecule has 11 heteroatoms. The van der Waals surface area contributed by atoms with Crippen LogP contribution in [0.25, 0.3) is 0 Å². The number of anilines is 1. The molecule has 130 valence electrons. The zero-order chi connectivity index (χ0) is 16.7. The Hall–Kier alpha value is -2.08. The van der Waals surface area contributed by atoms with Gasteiger partial charge in [-0.25, -0.2) is 13.4 Å². The summed E-state index contributed by atoms with van der Waals surface area (Å²) in [6, 6.07) is 7.19. The molecule has 0 radical (unpaired) electrons. The molecule has 0 fully saturated rings. The Morgan fingerprint density at radius 3 is 2.54 bits per heavy atom. The van der Waals surface area contributed by atoms with Crippen molar-refractivity contribution in [3.8, 4) is 0 Å². The van der Waals surface area contributed by atoms with Crippen LogP contribution >= 0.6 is 11.5 Å². The Morgan fingerprint density at radius 1 is 1.29 bits per heavy atom. The van der Waals surface area contributed by atoms with Crippen molar-refractivity contribution in [1.29, 1.82) is 0 Å². The highest BCUT2D eigenvalue weighted by atomic mass is 32.3. The van der Waals surface area contributed by atoms with E-state index < -0.39 is 10.4 Å². The first-order valence-electron chi connectivity index (χ1n) is 6.61. The molecule has 0 saturated heterocycles. The highest BCUT2D eigenvalue weighted by Crippen LogP contribution is 2.22. The number of benzene rings is 1. The Bertz CT molecular complexity index is 732. The van der Waals surface area contributed by atoms with Crippen molar-refractivity contribution in [2.24, 2.45) is 10.2 Å². The number of nitrogens with zero attached hydrogens (tertiary/aromatic N) is 5. The third-order valence-corrected chi connectivity index (χ3v) is 3.79. The molecular formula is C13H17N5O4S2. The van der Waals surface area contributed by atoms with Crippen molar-refractivity contribution in [1.82, 2.24) is 9.36 Å². The summed E-state index contributed by atoms with van der Waals surface area (Å²) in [5, 5.41) is 8.45. The molecule has 0 unspecified atom stereocenters. The molecular weight excluding hydrogens is 354 g/mol. The smallest absolute Gasteiger partial charge is 0.249 e. The van der Waals surface area contributed by atoms with Crippen molar-refractivity contribution >= 4 is 38.4 Å². The summed E-state index contributed by atoms with van der Waals surface area (Å²) in [5.41, 5.74) is 1.51. The summed E-state index contributed by atoms with van der Waals surface area (Å²) < 4.78 is 39.3. The van der Waals surface area contributed by atoms with Crippen molar-refractivity contribution in [3.63, 3.8) is 0 Å². The molecule has 2 rings (SSSR count). The minimum absolute atomic E-state index is 0. The fourth-order valence-corrected chi connectivity index (χ4v) is 2.40. The van der Waals surface area contributed by atoms with Gasteiger partial charge in [0.15, 0.2) is 0 Å². The van der Waals surface area contributed by atoms with Crippen LogP contribution in [0.5, 0.6) is 0 Å². The number of rotatable bonds is 8. The van der Waals surface area contributed by atoms with E-state index in [9.17, 15) is 13.0 Å². The lowest BCUT2D eigenvalue weighted by atomic mass is 10.2. The van der Waals surface area contributed by atoms with Crippen molar-refractivity contribution < 1.29 is 17.2 Å². The van der Waals surface area contributed by atoms with E-state index in [-0.39, 0.29) is 20.6 Å². The van der Waals surface area contributed by atoms with Crippen LogP contribution in [0.2, 0.25) is 0 Å². The van der Waals surface area contributed by atoms with Crippen molar-refractivity contribution in [2.75, 3.05) is 24.6 Å². The quantitative estimate of drug-likeness (QED) is 0.303. The van der Waals surface area contributed by atoms with Gasteiger partial charge in [0.2, 0.25) is 15.5 Å². The minimum Gasteiger partial charge on any atom is -0.726 e. The molecule has 1 heterocycles. The Morgan fingerprint density at radius 2 is 2.00 bits per heavy atom. The predicted octanol–water partition coefficient (Wildman–Crippen LogP) is 2.71. The molecule has 0 bridgehead atoms. The molecule has 2 aromatic rings. The second-order valence-electron chi connectivity index (χ2n) is 4.25. The average molecular weight is 371 g/mol. The van der Waals surface area contributed by atoms with Crippen LogP contribution < -0.4 is 4.90 Å². The maximum atomic E-state index is 10.4. The van der Waals surface area contributed by atoms with Gasteiger partial charge in [0.05, 0.1) is 12.3 Å². The summed E-state index contributed by atoms with van der Waals surface area (Å²) in [5.74, 6) is 0. The van der Waals surface area contributed by atoms with Gasteiger partial charge in [-0.3, -0.25) is 4.18 Å². The molecule has 0 N–H and O–H groups in total. The van der Waals surface area contributed by atoms with E-state index in [0.717, 1.165) is 17.2 Å². The number of aromatic nitrogens is 2. The first-order valence-corrected chi connectivity index (χ1v) is 8.72. The van der Waals surface area contributed by atoms with Crippen LogP contribution in [0.1, 0.15) is 6.92 Å². The van der Waals surface area contributed by atoms with Crippen LogP contribution in [0, 0.1) is 7.43 Å². The largest absolute Gasteiger partial charge is 0.726 e. The standard InChI is InChI=1S/C12H15N5O4S2.CH3/c1-2-17(7-8-21-23(18,19)20)11-5-3-10(4-6-11)15-16-12-13-9-14-22-12;/h3-6,9H,2,7-8H2,1H3,(H,18,19,20);1H3/q;+1/p-1. The summed E-state index contributed by atoms with van der Waals surface area (Å²) in [4.78, 5) is 5.77. The predicted molar refractivity (Wildman–Crippen MR) is 90.5 cm³/mol. The monoisotopic (exact) mass is 371 g/mol. The minimum atomic E-state index is -4.66. The molecule has 9 nitrogen and oxygen atoms in total. The maximum Gasteiger partial charge on any atom is 0.249 e. The van der Waals surface area contributed by atoms with Crippen LogP contribution in [0.4, 0.5) is 16.5 Å². The number of hydrogen-bond donors (Lipinski definition) is 0. The van der Waals surface area contributed by atoms with Gasteiger partial charge in [-0.15, -0.1) is 10.2 Å². The first-order chi connectivity index (χ1) is 11.0. The molecule has 0 atom stereocenters. The van der Waals surface area contributed by atoms with Gasteiger partial charge < -0.3 is 9.45 Å². The third kappa shape index (κ3) is 6.58. The Labute approximate surface area is 145 Å². The van der Waals surface area contributed by atoms with E-state index in [1.54, 1.807) is 12.1 Å². The summed E-state index contributed by atoms with van der Waals surface area (Å²) >= 11 is 1.15. The normalized spacial score (nSPS) is 11.4. The van der Waals surface area contributed by atoms with Crippen molar-refractivity contribution in [2.45, 2.75) is 6.92 Å². The molecule has 1 aromatic heterocycles. The molecule has 24 heavy (non-hydrogen) atoms. The van der Waals surface area contributed by atoms with Crippen LogP contribution in [-0.4, -0.2) is 42.0 Å². The SMILES string of the molecule is CCN(CCOS(=O)(=O)[O-])c1ccc(N=Nc2ncns2)cc1.[CH3+]. The highest BCUT2D eigenvalue weighted by Gasteiger charge is 2.05. The zero-order valence-electron chi connectivity index (χ0n) is 13.2.